The lowest BCUT2D eigenvalue weighted by atomic mass is 10.0. The molecule has 0 radical (unpaired) electrons. The average molecular weight is 318 g/mol. The van der Waals surface area contributed by atoms with Gasteiger partial charge >= 0.3 is 0 Å². The van der Waals surface area contributed by atoms with Crippen LogP contribution >= 0.6 is 11.3 Å². The third-order valence-electron chi connectivity index (χ3n) is 3.70. The molecule has 5 heteroatoms. The van der Waals surface area contributed by atoms with Gasteiger partial charge in [0, 0.05) is 6.54 Å². The summed E-state index contributed by atoms with van der Waals surface area (Å²) in [5, 5.41) is 16.8. The standard InChI is InChI=1S/C17H22N2O2S/c1-3-19(2)16(13-7-5-4-6-8-13)17(21)18-11-15(20)14-9-10-22-12-14/h4-10,12,15-16,20H,3,11H2,1-2H3,(H,18,21). The van der Waals surface area contributed by atoms with E-state index in [1.807, 2.05) is 66.0 Å². The van der Waals surface area contributed by atoms with Crippen molar-refractivity contribution >= 4 is 17.2 Å². The van der Waals surface area contributed by atoms with Gasteiger partial charge in [-0.2, -0.15) is 11.3 Å². The molecule has 4 nitrogen and oxygen atoms in total. The fourth-order valence-corrected chi connectivity index (χ4v) is 3.01. The van der Waals surface area contributed by atoms with E-state index in [4.69, 9.17) is 0 Å². The number of carbonyl (C=O) groups excluding carboxylic acids is 1. The first-order chi connectivity index (χ1) is 10.6. The SMILES string of the molecule is CCN(C)C(C(=O)NCC(O)c1ccsc1)c1ccccc1. The van der Waals surface area contributed by atoms with Gasteiger partial charge in [0.1, 0.15) is 6.04 Å². The first-order valence-corrected chi connectivity index (χ1v) is 8.30. The molecule has 0 spiro atoms. The molecule has 2 aromatic rings. The zero-order valence-corrected chi connectivity index (χ0v) is 13.7. The van der Waals surface area contributed by atoms with E-state index in [0.29, 0.717) is 0 Å². The highest BCUT2D eigenvalue weighted by Gasteiger charge is 2.24. The molecular weight excluding hydrogens is 296 g/mol. The van der Waals surface area contributed by atoms with Crippen LogP contribution in [-0.2, 0) is 4.79 Å². The van der Waals surface area contributed by atoms with Crippen molar-refractivity contribution in [2.24, 2.45) is 0 Å². The Labute approximate surface area is 135 Å². The quantitative estimate of drug-likeness (QED) is 0.825. The number of hydrogen-bond acceptors (Lipinski definition) is 4. The predicted molar refractivity (Wildman–Crippen MR) is 89.8 cm³/mol. The molecule has 22 heavy (non-hydrogen) atoms. The van der Waals surface area contributed by atoms with Gasteiger partial charge in [0.05, 0.1) is 6.10 Å². The number of rotatable bonds is 7. The fraction of sp³-hybridized carbons (Fsp3) is 0.353. The van der Waals surface area contributed by atoms with Crippen LogP contribution in [0.3, 0.4) is 0 Å². The van der Waals surface area contributed by atoms with E-state index in [9.17, 15) is 9.90 Å². The van der Waals surface area contributed by atoms with Crippen molar-refractivity contribution in [3.63, 3.8) is 0 Å². The number of benzene rings is 1. The molecule has 0 aliphatic carbocycles. The highest BCUT2D eigenvalue weighted by atomic mass is 32.1. The lowest BCUT2D eigenvalue weighted by Crippen LogP contribution is -2.40. The van der Waals surface area contributed by atoms with Crippen molar-refractivity contribution in [1.82, 2.24) is 10.2 Å². The van der Waals surface area contributed by atoms with Crippen molar-refractivity contribution < 1.29 is 9.90 Å². The Bertz CT molecular complexity index is 572. The van der Waals surface area contributed by atoms with Crippen LogP contribution in [0.15, 0.2) is 47.2 Å². The van der Waals surface area contributed by atoms with Crippen LogP contribution in [0.2, 0.25) is 0 Å². The largest absolute Gasteiger partial charge is 0.387 e. The van der Waals surface area contributed by atoms with Crippen LogP contribution in [0.1, 0.15) is 30.2 Å². The number of likely N-dealkylation sites (N-methyl/N-ethyl adjacent to an activating group) is 1. The lowest BCUT2D eigenvalue weighted by Gasteiger charge is -2.26. The van der Waals surface area contributed by atoms with E-state index in [0.717, 1.165) is 17.7 Å². The third kappa shape index (κ3) is 4.16. The lowest BCUT2D eigenvalue weighted by molar-refractivity contribution is -0.126. The zero-order chi connectivity index (χ0) is 15.9. The van der Waals surface area contributed by atoms with Crippen molar-refractivity contribution in [1.29, 1.82) is 0 Å². The number of nitrogens with zero attached hydrogens (tertiary/aromatic N) is 1. The van der Waals surface area contributed by atoms with Crippen LogP contribution < -0.4 is 5.32 Å². The van der Waals surface area contributed by atoms with E-state index in [1.165, 1.54) is 11.3 Å². The van der Waals surface area contributed by atoms with Crippen LogP contribution in [0.5, 0.6) is 0 Å². The Morgan fingerprint density at radius 2 is 2.00 bits per heavy atom. The molecule has 2 rings (SSSR count). The maximum atomic E-state index is 12.6. The highest BCUT2D eigenvalue weighted by Crippen LogP contribution is 2.20. The van der Waals surface area contributed by atoms with E-state index in [2.05, 4.69) is 5.32 Å². The Morgan fingerprint density at radius 3 is 2.59 bits per heavy atom. The fourth-order valence-electron chi connectivity index (χ4n) is 2.30. The minimum absolute atomic E-state index is 0.0928. The van der Waals surface area contributed by atoms with E-state index >= 15 is 0 Å². The summed E-state index contributed by atoms with van der Waals surface area (Å²) in [6.45, 7) is 3.00. The molecule has 0 aliphatic rings. The third-order valence-corrected chi connectivity index (χ3v) is 4.40. The minimum Gasteiger partial charge on any atom is -0.387 e. The Balaban J connectivity index is 2.03. The van der Waals surface area contributed by atoms with E-state index < -0.39 is 6.10 Å². The number of thiophene rings is 1. The van der Waals surface area contributed by atoms with Gasteiger partial charge in [-0.15, -0.1) is 0 Å². The Hall–Kier alpha value is -1.69. The second-order valence-corrected chi connectivity index (χ2v) is 5.98. The van der Waals surface area contributed by atoms with Crippen LogP contribution in [0, 0.1) is 0 Å². The first-order valence-electron chi connectivity index (χ1n) is 7.36. The Kier molecular flexibility index (Phi) is 6.12. The monoisotopic (exact) mass is 318 g/mol. The van der Waals surface area contributed by atoms with Crippen LogP contribution in [0.25, 0.3) is 0 Å². The van der Waals surface area contributed by atoms with Crippen molar-refractivity contribution in [3.05, 3.63) is 58.3 Å². The highest BCUT2D eigenvalue weighted by molar-refractivity contribution is 7.07. The number of nitrogens with one attached hydrogen (secondary N) is 1. The summed E-state index contributed by atoms with van der Waals surface area (Å²) in [6, 6.07) is 11.2. The molecule has 1 aromatic heterocycles. The number of hydrogen-bond donors (Lipinski definition) is 2. The van der Waals surface area contributed by atoms with Gasteiger partial charge in [-0.3, -0.25) is 9.69 Å². The molecule has 0 saturated heterocycles. The normalized spacial score (nSPS) is 13.8. The molecule has 2 unspecified atom stereocenters. The smallest absolute Gasteiger partial charge is 0.242 e. The van der Waals surface area contributed by atoms with Gasteiger partial charge in [-0.1, -0.05) is 37.3 Å². The molecule has 0 fully saturated rings. The van der Waals surface area contributed by atoms with E-state index in [1.54, 1.807) is 0 Å². The van der Waals surface area contributed by atoms with Gasteiger partial charge < -0.3 is 10.4 Å². The number of aliphatic hydroxyl groups is 1. The van der Waals surface area contributed by atoms with Crippen LogP contribution in [0.4, 0.5) is 0 Å². The molecule has 0 saturated carbocycles. The summed E-state index contributed by atoms with van der Waals surface area (Å²) >= 11 is 1.53. The predicted octanol–water partition coefficient (Wildman–Crippen LogP) is 2.59. The Morgan fingerprint density at radius 1 is 1.27 bits per heavy atom. The summed E-state index contributed by atoms with van der Waals surface area (Å²) in [4.78, 5) is 14.5. The molecule has 1 heterocycles. The van der Waals surface area contributed by atoms with E-state index in [-0.39, 0.29) is 18.5 Å². The molecule has 118 valence electrons. The van der Waals surface area contributed by atoms with Crippen molar-refractivity contribution in [2.75, 3.05) is 20.1 Å². The maximum Gasteiger partial charge on any atom is 0.242 e. The number of amides is 1. The summed E-state index contributed by atoms with van der Waals surface area (Å²) in [7, 11) is 1.92. The average Bonchev–Trinajstić information content (AvgIpc) is 3.08. The van der Waals surface area contributed by atoms with Gasteiger partial charge in [0.2, 0.25) is 5.91 Å². The molecule has 0 bridgehead atoms. The summed E-state index contributed by atoms with van der Waals surface area (Å²) < 4.78 is 0. The zero-order valence-electron chi connectivity index (χ0n) is 12.9. The second-order valence-electron chi connectivity index (χ2n) is 5.20. The van der Waals surface area contributed by atoms with Gasteiger partial charge in [0.15, 0.2) is 0 Å². The molecule has 2 N–H and O–H groups in total. The first kappa shape index (κ1) is 16.7. The van der Waals surface area contributed by atoms with Crippen molar-refractivity contribution in [2.45, 2.75) is 19.1 Å². The molecule has 2 atom stereocenters. The van der Waals surface area contributed by atoms with Crippen molar-refractivity contribution in [3.8, 4) is 0 Å². The second kappa shape index (κ2) is 8.08. The summed E-state index contributed by atoms with van der Waals surface area (Å²) in [5.41, 5.74) is 1.79. The summed E-state index contributed by atoms with van der Waals surface area (Å²) in [5.74, 6) is -0.0928. The van der Waals surface area contributed by atoms with Gasteiger partial charge in [0.25, 0.3) is 0 Å². The van der Waals surface area contributed by atoms with Crippen LogP contribution in [-0.4, -0.2) is 36.1 Å². The molecule has 1 aromatic carbocycles. The summed E-state index contributed by atoms with van der Waals surface area (Å²) in [6.07, 6.45) is -0.668. The number of carbonyl (C=O) groups is 1. The van der Waals surface area contributed by atoms with Gasteiger partial charge in [-0.25, -0.2) is 0 Å². The minimum atomic E-state index is -0.668. The molecule has 0 aliphatic heterocycles. The number of aliphatic hydroxyl groups excluding tert-OH is 1. The molecule has 1 amide bonds. The van der Waals surface area contributed by atoms with Gasteiger partial charge in [-0.05, 0) is 41.5 Å². The molecular formula is C17H22N2O2S. The topological polar surface area (TPSA) is 52.6 Å². The maximum absolute atomic E-state index is 12.6.